The Balaban J connectivity index is 1.14. The van der Waals surface area contributed by atoms with Gasteiger partial charge in [0.2, 0.25) is 17.7 Å². The Bertz CT molecular complexity index is 833. The van der Waals surface area contributed by atoms with Crippen LogP contribution >= 0.6 is 11.8 Å². The number of rotatable bonds is 4. The van der Waals surface area contributed by atoms with Gasteiger partial charge in [-0.1, -0.05) is 0 Å². The first-order chi connectivity index (χ1) is 14.3. The number of hydrogen-bond acceptors (Lipinski definition) is 8. The molecule has 0 saturated carbocycles. The molecule has 2 atom stereocenters. The topological polar surface area (TPSA) is 87.4 Å². The van der Waals surface area contributed by atoms with Gasteiger partial charge in [-0.3, -0.25) is 14.7 Å². The van der Waals surface area contributed by atoms with Gasteiger partial charge in [0.05, 0.1) is 17.5 Å². The molecule has 0 bridgehead atoms. The van der Waals surface area contributed by atoms with Crippen molar-refractivity contribution in [2.45, 2.75) is 37.3 Å². The highest BCUT2D eigenvalue weighted by molar-refractivity contribution is 7.99. The standard InChI is InChI=1S/C20H26N6O2S/c27-20(26-8-9-29-13-26)17-10-16(12-22-17)25-6-3-14(4-7-25)18-23-24-19(28-18)15-2-1-5-21-11-15/h1-2,5,11,14,16-17,22H,3-4,6-10,12-13H2/t16-,17-/m0/s1. The van der Waals surface area contributed by atoms with Crippen molar-refractivity contribution in [3.63, 3.8) is 0 Å². The fourth-order valence-electron chi connectivity index (χ4n) is 4.51. The number of hydrogen-bond donors (Lipinski definition) is 1. The highest BCUT2D eigenvalue weighted by atomic mass is 32.2. The molecule has 8 nitrogen and oxygen atoms in total. The van der Waals surface area contributed by atoms with Crippen molar-refractivity contribution in [2.24, 2.45) is 0 Å². The van der Waals surface area contributed by atoms with Crippen LogP contribution in [0.1, 0.15) is 31.1 Å². The van der Waals surface area contributed by atoms with Crippen LogP contribution in [0.25, 0.3) is 11.5 Å². The molecule has 0 unspecified atom stereocenters. The summed E-state index contributed by atoms with van der Waals surface area (Å²) in [5, 5.41) is 11.9. The lowest BCUT2D eigenvalue weighted by atomic mass is 9.95. The number of pyridine rings is 1. The predicted molar refractivity (Wildman–Crippen MR) is 110 cm³/mol. The van der Waals surface area contributed by atoms with Gasteiger partial charge in [-0.25, -0.2) is 0 Å². The first-order valence-electron chi connectivity index (χ1n) is 10.4. The molecule has 0 spiro atoms. The molecule has 9 heteroatoms. The number of nitrogens with one attached hydrogen (secondary N) is 1. The van der Waals surface area contributed by atoms with Crippen LogP contribution in [-0.2, 0) is 4.79 Å². The van der Waals surface area contributed by atoms with E-state index in [-0.39, 0.29) is 11.9 Å². The summed E-state index contributed by atoms with van der Waals surface area (Å²) in [4.78, 5) is 21.3. The molecule has 5 heterocycles. The van der Waals surface area contributed by atoms with Gasteiger partial charge in [0.15, 0.2) is 0 Å². The second-order valence-electron chi connectivity index (χ2n) is 7.99. The zero-order valence-electron chi connectivity index (χ0n) is 16.4. The van der Waals surface area contributed by atoms with E-state index in [1.54, 1.807) is 12.4 Å². The lowest BCUT2D eigenvalue weighted by molar-refractivity contribution is -0.131. The Hall–Kier alpha value is -1.97. The van der Waals surface area contributed by atoms with Gasteiger partial charge < -0.3 is 14.6 Å². The molecule has 3 saturated heterocycles. The third-order valence-electron chi connectivity index (χ3n) is 6.21. The zero-order chi connectivity index (χ0) is 19.6. The van der Waals surface area contributed by atoms with Gasteiger partial charge in [-0.05, 0) is 44.5 Å². The van der Waals surface area contributed by atoms with Crippen molar-refractivity contribution in [3.05, 3.63) is 30.4 Å². The third-order valence-corrected chi connectivity index (χ3v) is 7.18. The van der Waals surface area contributed by atoms with E-state index in [2.05, 4.69) is 25.4 Å². The largest absolute Gasteiger partial charge is 0.420 e. The molecular formula is C20H26N6O2S. The van der Waals surface area contributed by atoms with Crippen molar-refractivity contribution in [1.29, 1.82) is 0 Å². The monoisotopic (exact) mass is 414 g/mol. The average Bonchev–Trinajstić information content (AvgIpc) is 3.56. The number of likely N-dealkylation sites (tertiary alicyclic amines) is 1. The van der Waals surface area contributed by atoms with Gasteiger partial charge in [0, 0.05) is 43.2 Å². The van der Waals surface area contributed by atoms with E-state index in [9.17, 15) is 4.79 Å². The summed E-state index contributed by atoms with van der Waals surface area (Å²) in [7, 11) is 0. The number of piperidine rings is 1. The van der Waals surface area contributed by atoms with Gasteiger partial charge in [0.25, 0.3) is 0 Å². The maximum absolute atomic E-state index is 12.6. The van der Waals surface area contributed by atoms with E-state index in [4.69, 9.17) is 4.42 Å². The lowest BCUT2D eigenvalue weighted by Gasteiger charge is -2.34. The number of aromatic nitrogens is 3. The van der Waals surface area contributed by atoms with Crippen LogP contribution in [0.2, 0.25) is 0 Å². The second-order valence-corrected chi connectivity index (χ2v) is 9.06. The molecule has 3 aliphatic heterocycles. The second kappa shape index (κ2) is 8.41. The third kappa shape index (κ3) is 4.04. The van der Waals surface area contributed by atoms with E-state index in [0.29, 0.717) is 17.9 Å². The van der Waals surface area contributed by atoms with Gasteiger partial charge in [-0.15, -0.1) is 22.0 Å². The molecule has 0 aliphatic carbocycles. The van der Waals surface area contributed by atoms with Crippen LogP contribution in [0, 0.1) is 0 Å². The van der Waals surface area contributed by atoms with E-state index in [1.165, 1.54) is 0 Å². The zero-order valence-corrected chi connectivity index (χ0v) is 17.2. The van der Waals surface area contributed by atoms with Crippen LogP contribution in [0.3, 0.4) is 0 Å². The van der Waals surface area contributed by atoms with E-state index < -0.39 is 0 Å². The minimum absolute atomic E-state index is 0.0191. The molecule has 0 radical (unpaired) electrons. The summed E-state index contributed by atoms with van der Waals surface area (Å²) < 4.78 is 5.93. The average molecular weight is 415 g/mol. The van der Waals surface area contributed by atoms with E-state index in [0.717, 1.165) is 68.5 Å². The molecule has 29 heavy (non-hydrogen) atoms. The first-order valence-corrected chi connectivity index (χ1v) is 11.5. The predicted octanol–water partition coefficient (Wildman–Crippen LogP) is 1.57. The van der Waals surface area contributed by atoms with Gasteiger partial charge in [0.1, 0.15) is 0 Å². The highest BCUT2D eigenvalue weighted by Crippen LogP contribution is 2.31. The number of carbonyl (C=O) groups is 1. The molecular weight excluding hydrogens is 388 g/mol. The summed E-state index contributed by atoms with van der Waals surface area (Å²) in [6.45, 7) is 3.79. The molecule has 2 aromatic rings. The van der Waals surface area contributed by atoms with Gasteiger partial charge in [-0.2, -0.15) is 0 Å². The number of amides is 1. The van der Waals surface area contributed by atoms with Crippen LogP contribution in [0.4, 0.5) is 0 Å². The summed E-state index contributed by atoms with van der Waals surface area (Å²) in [6, 6.07) is 4.22. The van der Waals surface area contributed by atoms with Crippen LogP contribution < -0.4 is 5.32 Å². The summed E-state index contributed by atoms with van der Waals surface area (Å²) >= 11 is 1.84. The van der Waals surface area contributed by atoms with Crippen molar-refractivity contribution in [1.82, 2.24) is 30.3 Å². The Morgan fingerprint density at radius 2 is 2.14 bits per heavy atom. The number of nitrogens with zero attached hydrogens (tertiary/aromatic N) is 5. The van der Waals surface area contributed by atoms with Gasteiger partial charge >= 0.3 is 0 Å². The van der Waals surface area contributed by atoms with E-state index >= 15 is 0 Å². The minimum atomic E-state index is -0.0191. The normalized spacial score (nSPS) is 26.3. The lowest BCUT2D eigenvalue weighted by Crippen LogP contribution is -2.42. The van der Waals surface area contributed by atoms with E-state index in [1.807, 2.05) is 28.8 Å². The van der Waals surface area contributed by atoms with Crippen LogP contribution in [0.15, 0.2) is 28.9 Å². The molecule has 0 aromatic carbocycles. The Morgan fingerprint density at radius 1 is 1.24 bits per heavy atom. The Morgan fingerprint density at radius 3 is 2.90 bits per heavy atom. The molecule has 3 fully saturated rings. The Kier molecular flexibility index (Phi) is 5.52. The van der Waals surface area contributed by atoms with Crippen molar-refractivity contribution >= 4 is 17.7 Å². The smallest absolute Gasteiger partial charge is 0.249 e. The number of thioether (sulfide) groups is 1. The van der Waals surface area contributed by atoms with Crippen LogP contribution in [-0.4, -0.2) is 80.8 Å². The molecule has 1 amide bonds. The van der Waals surface area contributed by atoms with Crippen molar-refractivity contribution in [2.75, 3.05) is 37.8 Å². The summed E-state index contributed by atoms with van der Waals surface area (Å²) in [5.41, 5.74) is 0.854. The van der Waals surface area contributed by atoms with Crippen molar-refractivity contribution < 1.29 is 9.21 Å². The van der Waals surface area contributed by atoms with Crippen LogP contribution in [0.5, 0.6) is 0 Å². The Labute approximate surface area is 174 Å². The molecule has 154 valence electrons. The minimum Gasteiger partial charge on any atom is -0.420 e. The fraction of sp³-hybridized carbons (Fsp3) is 0.600. The van der Waals surface area contributed by atoms with Crippen molar-refractivity contribution in [3.8, 4) is 11.5 Å². The maximum atomic E-state index is 12.6. The molecule has 3 aliphatic rings. The highest BCUT2D eigenvalue weighted by Gasteiger charge is 2.37. The summed E-state index contributed by atoms with van der Waals surface area (Å²) in [5.74, 6) is 3.76. The molecule has 2 aromatic heterocycles. The first kappa shape index (κ1) is 19.0. The quantitative estimate of drug-likeness (QED) is 0.807. The SMILES string of the molecule is O=C([C@@H]1C[C@H](N2CCC(c3nnc(-c4cccnc4)o3)CC2)CN1)N1CCSC1. The maximum Gasteiger partial charge on any atom is 0.249 e. The fourth-order valence-corrected chi connectivity index (χ4v) is 5.46. The summed E-state index contributed by atoms with van der Waals surface area (Å²) in [6.07, 6.45) is 6.40. The molecule has 5 rings (SSSR count). The number of carbonyl (C=O) groups excluding carboxylic acids is 1. The molecule has 1 N–H and O–H groups in total.